The maximum absolute atomic E-state index is 12.8. The third-order valence-electron chi connectivity index (χ3n) is 4.74. The van der Waals surface area contributed by atoms with Gasteiger partial charge in [-0.15, -0.1) is 0 Å². The fourth-order valence-corrected chi connectivity index (χ4v) is 2.92. The van der Waals surface area contributed by atoms with E-state index < -0.39 is 5.95 Å². The largest absolute Gasteiger partial charge is 0.314 e. The van der Waals surface area contributed by atoms with Gasteiger partial charge in [0.15, 0.2) is 5.78 Å². The van der Waals surface area contributed by atoms with E-state index >= 15 is 0 Å². The van der Waals surface area contributed by atoms with E-state index in [1.807, 2.05) is 31.2 Å². The van der Waals surface area contributed by atoms with Crippen LogP contribution in [0.2, 0.25) is 0 Å². The van der Waals surface area contributed by atoms with Gasteiger partial charge in [0.05, 0.1) is 17.6 Å². The predicted molar refractivity (Wildman–Crippen MR) is 110 cm³/mol. The van der Waals surface area contributed by atoms with Crippen molar-refractivity contribution in [1.29, 1.82) is 0 Å². The summed E-state index contributed by atoms with van der Waals surface area (Å²) < 4.78 is 12.8. The summed E-state index contributed by atoms with van der Waals surface area (Å²) >= 11 is 0. The highest BCUT2D eigenvalue weighted by molar-refractivity contribution is 5.96. The number of pyridine rings is 2. The van der Waals surface area contributed by atoms with Gasteiger partial charge >= 0.3 is 0 Å². The minimum Gasteiger partial charge on any atom is -0.314 e. The van der Waals surface area contributed by atoms with E-state index in [1.165, 1.54) is 12.3 Å². The smallest absolute Gasteiger partial charge is 0.226 e. The molecule has 0 bridgehead atoms. The zero-order valence-corrected chi connectivity index (χ0v) is 16.4. The second-order valence-electron chi connectivity index (χ2n) is 6.70. The summed E-state index contributed by atoms with van der Waals surface area (Å²) in [5.74, 6) is -0.483. The number of rotatable bonds is 7. The number of aryl methyl sites for hydroxylation is 1. The lowest BCUT2D eigenvalue weighted by Gasteiger charge is -2.16. The van der Waals surface area contributed by atoms with Gasteiger partial charge in [0, 0.05) is 37.2 Å². The van der Waals surface area contributed by atoms with Crippen LogP contribution >= 0.6 is 0 Å². The van der Waals surface area contributed by atoms with Gasteiger partial charge in [-0.25, -0.2) is 4.98 Å². The SMILES string of the molecule is CCC(=O)N(C)c1ccc(-c2ccc(C(=O)CCc3ccc(F)nc3)cc2)nc1. The van der Waals surface area contributed by atoms with Crippen LogP contribution in [0.15, 0.2) is 60.9 Å². The number of Topliss-reactive ketones (excluding diaryl/α,β-unsaturated/α-hetero) is 1. The maximum atomic E-state index is 12.8. The molecule has 0 spiro atoms. The Kier molecular flexibility index (Phi) is 6.44. The lowest BCUT2D eigenvalue weighted by molar-refractivity contribution is -0.118. The van der Waals surface area contributed by atoms with Crippen molar-refractivity contribution in [2.75, 3.05) is 11.9 Å². The Hall–Kier alpha value is -3.41. The van der Waals surface area contributed by atoms with Crippen LogP contribution in [0.3, 0.4) is 0 Å². The van der Waals surface area contributed by atoms with Crippen molar-refractivity contribution in [3.05, 3.63) is 78.0 Å². The normalized spacial score (nSPS) is 10.6. The number of aromatic nitrogens is 2. The molecular weight excluding hydrogens is 369 g/mol. The molecule has 5 nitrogen and oxygen atoms in total. The number of ketones is 1. The summed E-state index contributed by atoms with van der Waals surface area (Å²) in [6, 6.07) is 13.9. The molecule has 0 fully saturated rings. The molecule has 0 atom stereocenters. The number of hydrogen-bond donors (Lipinski definition) is 0. The topological polar surface area (TPSA) is 63.2 Å². The van der Waals surface area contributed by atoms with E-state index in [0.717, 1.165) is 22.5 Å². The van der Waals surface area contributed by atoms with Gasteiger partial charge < -0.3 is 4.90 Å². The number of nitrogens with zero attached hydrogens (tertiary/aromatic N) is 3. The molecule has 1 aromatic carbocycles. The molecule has 3 aromatic rings. The third-order valence-corrected chi connectivity index (χ3v) is 4.74. The standard InChI is InChI=1S/C23H22FN3O2/c1-3-23(29)27(2)19-10-11-20(25-15-19)17-6-8-18(9-7-17)21(28)12-4-16-5-13-22(24)26-14-16/h5-11,13-15H,3-4,12H2,1-2H3. The molecule has 0 saturated heterocycles. The first-order valence-electron chi connectivity index (χ1n) is 9.44. The average molecular weight is 391 g/mol. The van der Waals surface area contributed by atoms with Crippen molar-refractivity contribution < 1.29 is 14.0 Å². The van der Waals surface area contributed by atoms with Crippen LogP contribution in [0.25, 0.3) is 11.3 Å². The monoisotopic (exact) mass is 391 g/mol. The van der Waals surface area contributed by atoms with Crippen LogP contribution in [-0.2, 0) is 11.2 Å². The van der Waals surface area contributed by atoms with Crippen molar-refractivity contribution in [2.24, 2.45) is 0 Å². The maximum Gasteiger partial charge on any atom is 0.226 e. The zero-order chi connectivity index (χ0) is 20.8. The van der Waals surface area contributed by atoms with Crippen molar-refractivity contribution in [3.8, 4) is 11.3 Å². The van der Waals surface area contributed by atoms with E-state index in [1.54, 1.807) is 36.3 Å². The Bertz CT molecular complexity index is 984. The molecule has 0 aliphatic rings. The molecule has 0 radical (unpaired) electrons. The molecule has 0 aliphatic heterocycles. The summed E-state index contributed by atoms with van der Waals surface area (Å²) in [5, 5.41) is 0. The summed E-state index contributed by atoms with van der Waals surface area (Å²) in [6.45, 7) is 1.82. The van der Waals surface area contributed by atoms with Gasteiger partial charge in [0.25, 0.3) is 0 Å². The molecule has 3 rings (SSSR count). The number of carbonyl (C=O) groups is 2. The minimum atomic E-state index is -0.527. The van der Waals surface area contributed by atoms with E-state index in [-0.39, 0.29) is 11.7 Å². The van der Waals surface area contributed by atoms with Gasteiger partial charge in [-0.05, 0) is 30.2 Å². The highest BCUT2D eigenvalue weighted by atomic mass is 19.1. The van der Waals surface area contributed by atoms with Crippen LogP contribution < -0.4 is 4.90 Å². The van der Waals surface area contributed by atoms with Gasteiger partial charge in [-0.2, -0.15) is 4.39 Å². The molecule has 0 aliphatic carbocycles. The van der Waals surface area contributed by atoms with E-state index in [0.29, 0.717) is 24.8 Å². The second-order valence-corrected chi connectivity index (χ2v) is 6.70. The number of benzene rings is 1. The van der Waals surface area contributed by atoms with Gasteiger partial charge in [0.2, 0.25) is 11.9 Å². The molecule has 6 heteroatoms. The Labute approximate surface area is 169 Å². The molecule has 1 amide bonds. The number of halogens is 1. The summed E-state index contributed by atoms with van der Waals surface area (Å²) in [5.41, 5.74) is 3.84. The number of hydrogen-bond acceptors (Lipinski definition) is 4. The Morgan fingerprint density at radius 1 is 0.966 bits per heavy atom. The van der Waals surface area contributed by atoms with E-state index in [2.05, 4.69) is 9.97 Å². The minimum absolute atomic E-state index is 0.0175. The van der Waals surface area contributed by atoms with E-state index in [4.69, 9.17) is 0 Å². The fourth-order valence-electron chi connectivity index (χ4n) is 2.92. The van der Waals surface area contributed by atoms with Gasteiger partial charge in [0.1, 0.15) is 0 Å². The second kappa shape index (κ2) is 9.19. The van der Waals surface area contributed by atoms with Gasteiger partial charge in [-0.3, -0.25) is 14.6 Å². The lowest BCUT2D eigenvalue weighted by Crippen LogP contribution is -2.25. The lowest BCUT2D eigenvalue weighted by atomic mass is 10.0. The van der Waals surface area contributed by atoms with Crippen molar-refractivity contribution in [2.45, 2.75) is 26.2 Å². The van der Waals surface area contributed by atoms with Crippen LogP contribution in [0.1, 0.15) is 35.7 Å². The van der Waals surface area contributed by atoms with Crippen LogP contribution in [0.5, 0.6) is 0 Å². The molecule has 29 heavy (non-hydrogen) atoms. The van der Waals surface area contributed by atoms with Gasteiger partial charge in [-0.1, -0.05) is 37.3 Å². The number of anilines is 1. The summed E-state index contributed by atoms with van der Waals surface area (Å²) in [6.07, 6.45) is 4.40. The van der Waals surface area contributed by atoms with Crippen molar-refractivity contribution >= 4 is 17.4 Å². The molecule has 0 saturated carbocycles. The Morgan fingerprint density at radius 2 is 1.72 bits per heavy atom. The zero-order valence-electron chi connectivity index (χ0n) is 16.4. The summed E-state index contributed by atoms with van der Waals surface area (Å²) in [4.78, 5) is 33.8. The van der Waals surface area contributed by atoms with Crippen LogP contribution in [0.4, 0.5) is 10.1 Å². The highest BCUT2D eigenvalue weighted by Gasteiger charge is 2.10. The summed E-state index contributed by atoms with van der Waals surface area (Å²) in [7, 11) is 1.73. The fraction of sp³-hybridized carbons (Fsp3) is 0.217. The first kappa shape index (κ1) is 20.3. The molecule has 148 valence electrons. The molecular formula is C23H22FN3O2. The first-order valence-corrected chi connectivity index (χ1v) is 9.44. The van der Waals surface area contributed by atoms with E-state index in [9.17, 15) is 14.0 Å². The van der Waals surface area contributed by atoms with Crippen LogP contribution in [-0.4, -0.2) is 28.7 Å². The first-order chi connectivity index (χ1) is 14.0. The van der Waals surface area contributed by atoms with Crippen LogP contribution in [0, 0.1) is 5.95 Å². The average Bonchev–Trinajstić information content (AvgIpc) is 2.77. The third kappa shape index (κ3) is 5.10. The van der Waals surface area contributed by atoms with Crippen molar-refractivity contribution in [1.82, 2.24) is 9.97 Å². The molecule has 2 aromatic heterocycles. The number of carbonyl (C=O) groups excluding carboxylic acids is 2. The Balaban J connectivity index is 1.64. The highest BCUT2D eigenvalue weighted by Crippen LogP contribution is 2.21. The quantitative estimate of drug-likeness (QED) is 0.440. The number of amides is 1. The molecule has 2 heterocycles. The Morgan fingerprint density at radius 3 is 2.31 bits per heavy atom. The predicted octanol–water partition coefficient (Wildman–Crippen LogP) is 4.47. The van der Waals surface area contributed by atoms with Crippen molar-refractivity contribution in [3.63, 3.8) is 0 Å². The molecule has 0 unspecified atom stereocenters. The molecule has 0 N–H and O–H groups in total.